The Hall–Kier alpha value is -1.19. The number of hydrogen-bond donors (Lipinski definition) is 1. The van der Waals surface area contributed by atoms with Crippen LogP contribution in [0.4, 0.5) is 0 Å². The van der Waals surface area contributed by atoms with Crippen LogP contribution in [0.15, 0.2) is 29.1 Å². The molecule has 16 heavy (non-hydrogen) atoms. The van der Waals surface area contributed by atoms with Gasteiger partial charge in [0, 0.05) is 11.8 Å². The third kappa shape index (κ3) is 1.88. The second-order valence-electron chi connectivity index (χ2n) is 3.37. The standard InChI is InChI=1S/C11H10Cl2N2O/c1-2-7-6-10(16)14-15(7)9-5-3-4-8(12)11(9)13/h3-6H,2H2,1H3,(H,14,16). The molecule has 3 nitrogen and oxygen atoms in total. The van der Waals surface area contributed by atoms with Crippen molar-refractivity contribution in [3.8, 4) is 5.69 Å². The van der Waals surface area contributed by atoms with E-state index in [1.165, 1.54) is 0 Å². The number of H-pyrrole nitrogens is 1. The summed E-state index contributed by atoms with van der Waals surface area (Å²) in [5.41, 5.74) is 1.41. The number of rotatable bonds is 2. The molecule has 0 fully saturated rings. The first-order valence-corrected chi connectivity index (χ1v) is 5.64. The zero-order valence-corrected chi connectivity index (χ0v) is 10.1. The van der Waals surface area contributed by atoms with Gasteiger partial charge in [0.25, 0.3) is 5.56 Å². The van der Waals surface area contributed by atoms with Gasteiger partial charge in [0.05, 0.1) is 15.7 Å². The smallest absolute Gasteiger partial charge is 0.264 e. The van der Waals surface area contributed by atoms with E-state index >= 15 is 0 Å². The number of aromatic amines is 1. The summed E-state index contributed by atoms with van der Waals surface area (Å²) in [7, 11) is 0. The molecule has 0 spiro atoms. The van der Waals surface area contributed by atoms with Gasteiger partial charge in [-0.1, -0.05) is 36.2 Å². The molecule has 0 aliphatic rings. The molecule has 0 amide bonds. The third-order valence-corrected chi connectivity index (χ3v) is 3.15. The van der Waals surface area contributed by atoms with Gasteiger partial charge in [0.2, 0.25) is 0 Å². The summed E-state index contributed by atoms with van der Waals surface area (Å²) in [4.78, 5) is 11.3. The van der Waals surface area contributed by atoms with Crippen molar-refractivity contribution in [2.75, 3.05) is 0 Å². The van der Waals surface area contributed by atoms with Crippen LogP contribution in [-0.4, -0.2) is 9.78 Å². The Morgan fingerprint density at radius 1 is 1.38 bits per heavy atom. The van der Waals surface area contributed by atoms with Crippen LogP contribution in [0.25, 0.3) is 5.69 Å². The first kappa shape index (κ1) is 11.3. The molecular formula is C11H10Cl2N2O. The van der Waals surface area contributed by atoms with Gasteiger partial charge in [-0.3, -0.25) is 14.6 Å². The van der Waals surface area contributed by atoms with Crippen LogP contribution in [0.2, 0.25) is 10.0 Å². The highest BCUT2D eigenvalue weighted by atomic mass is 35.5. The van der Waals surface area contributed by atoms with Crippen molar-refractivity contribution in [3.63, 3.8) is 0 Å². The Bertz CT molecular complexity index is 572. The summed E-state index contributed by atoms with van der Waals surface area (Å²) < 4.78 is 1.66. The lowest BCUT2D eigenvalue weighted by molar-refractivity contribution is 0.805. The number of aryl methyl sites for hydroxylation is 1. The average molecular weight is 257 g/mol. The predicted octanol–water partition coefficient (Wildman–Crippen LogP) is 3.03. The molecule has 0 atom stereocenters. The van der Waals surface area contributed by atoms with Crippen molar-refractivity contribution in [2.45, 2.75) is 13.3 Å². The van der Waals surface area contributed by atoms with Crippen molar-refractivity contribution in [1.82, 2.24) is 9.78 Å². The normalized spacial score (nSPS) is 10.7. The van der Waals surface area contributed by atoms with Crippen molar-refractivity contribution >= 4 is 23.2 Å². The van der Waals surface area contributed by atoms with Crippen LogP contribution < -0.4 is 5.56 Å². The SMILES string of the molecule is CCc1cc(=O)[nH]n1-c1cccc(Cl)c1Cl. The van der Waals surface area contributed by atoms with Crippen LogP contribution in [0.3, 0.4) is 0 Å². The van der Waals surface area contributed by atoms with Crippen LogP contribution in [0.1, 0.15) is 12.6 Å². The Morgan fingerprint density at radius 2 is 2.12 bits per heavy atom. The summed E-state index contributed by atoms with van der Waals surface area (Å²) in [6.45, 7) is 1.97. The van der Waals surface area contributed by atoms with E-state index < -0.39 is 0 Å². The van der Waals surface area contributed by atoms with E-state index in [9.17, 15) is 4.79 Å². The van der Waals surface area contributed by atoms with Gasteiger partial charge in [0.1, 0.15) is 0 Å². The second kappa shape index (κ2) is 4.36. The molecule has 1 N–H and O–H groups in total. The van der Waals surface area contributed by atoms with Gasteiger partial charge in [-0.25, -0.2) is 0 Å². The topological polar surface area (TPSA) is 37.8 Å². The lowest BCUT2D eigenvalue weighted by atomic mass is 10.3. The molecule has 2 aromatic rings. The Balaban J connectivity index is 2.67. The van der Waals surface area contributed by atoms with Crippen molar-refractivity contribution in [2.24, 2.45) is 0 Å². The van der Waals surface area contributed by atoms with E-state index in [1.54, 1.807) is 22.9 Å². The maximum atomic E-state index is 11.3. The van der Waals surface area contributed by atoms with E-state index in [1.807, 2.05) is 13.0 Å². The zero-order valence-electron chi connectivity index (χ0n) is 8.63. The molecule has 1 heterocycles. The van der Waals surface area contributed by atoms with E-state index in [0.29, 0.717) is 15.7 Å². The number of halogens is 2. The highest BCUT2D eigenvalue weighted by Gasteiger charge is 2.10. The lowest BCUT2D eigenvalue weighted by Crippen LogP contribution is -2.05. The molecule has 0 bridgehead atoms. The number of nitrogens with zero attached hydrogens (tertiary/aromatic N) is 1. The maximum absolute atomic E-state index is 11.3. The lowest BCUT2D eigenvalue weighted by Gasteiger charge is -2.09. The molecule has 1 aromatic heterocycles. The highest BCUT2D eigenvalue weighted by molar-refractivity contribution is 6.43. The van der Waals surface area contributed by atoms with E-state index in [4.69, 9.17) is 23.2 Å². The van der Waals surface area contributed by atoms with E-state index in [2.05, 4.69) is 5.10 Å². The van der Waals surface area contributed by atoms with Crippen LogP contribution >= 0.6 is 23.2 Å². The number of aromatic nitrogens is 2. The first-order chi connectivity index (χ1) is 7.63. The monoisotopic (exact) mass is 256 g/mol. The second-order valence-corrected chi connectivity index (χ2v) is 4.16. The van der Waals surface area contributed by atoms with Gasteiger partial charge in [0.15, 0.2) is 0 Å². The minimum absolute atomic E-state index is 0.145. The van der Waals surface area contributed by atoms with Gasteiger partial charge < -0.3 is 0 Å². The van der Waals surface area contributed by atoms with Gasteiger partial charge in [-0.2, -0.15) is 0 Å². The summed E-state index contributed by atoms with van der Waals surface area (Å²) in [6.07, 6.45) is 0.738. The highest BCUT2D eigenvalue weighted by Crippen LogP contribution is 2.28. The molecule has 1 aromatic carbocycles. The van der Waals surface area contributed by atoms with Crippen LogP contribution in [0, 0.1) is 0 Å². The summed E-state index contributed by atoms with van der Waals surface area (Å²) in [5.74, 6) is 0. The molecule has 2 rings (SSSR count). The van der Waals surface area contributed by atoms with Crippen molar-refractivity contribution in [1.29, 1.82) is 0 Å². The minimum Gasteiger partial charge on any atom is -0.268 e. The van der Waals surface area contributed by atoms with E-state index in [-0.39, 0.29) is 5.56 Å². The number of nitrogens with one attached hydrogen (secondary N) is 1. The van der Waals surface area contributed by atoms with Gasteiger partial charge in [-0.05, 0) is 18.6 Å². The maximum Gasteiger partial charge on any atom is 0.264 e. The number of hydrogen-bond acceptors (Lipinski definition) is 1. The largest absolute Gasteiger partial charge is 0.268 e. The molecule has 0 aliphatic carbocycles. The van der Waals surface area contributed by atoms with Crippen molar-refractivity contribution < 1.29 is 0 Å². The number of benzene rings is 1. The van der Waals surface area contributed by atoms with E-state index in [0.717, 1.165) is 12.1 Å². The fourth-order valence-corrected chi connectivity index (χ4v) is 1.95. The third-order valence-electron chi connectivity index (χ3n) is 2.34. The Kier molecular flexibility index (Phi) is 3.08. The molecule has 0 aliphatic heterocycles. The average Bonchev–Trinajstić information content (AvgIpc) is 2.63. The molecule has 0 saturated carbocycles. The van der Waals surface area contributed by atoms with Crippen molar-refractivity contribution in [3.05, 3.63) is 50.4 Å². The Morgan fingerprint density at radius 3 is 2.81 bits per heavy atom. The molecule has 5 heteroatoms. The summed E-state index contributed by atoms with van der Waals surface area (Å²) in [6, 6.07) is 6.86. The van der Waals surface area contributed by atoms with Gasteiger partial charge in [-0.15, -0.1) is 0 Å². The minimum atomic E-state index is -0.145. The summed E-state index contributed by atoms with van der Waals surface area (Å²) >= 11 is 12.0. The molecule has 0 radical (unpaired) electrons. The Labute approximate surface area is 103 Å². The quantitative estimate of drug-likeness (QED) is 0.882. The van der Waals surface area contributed by atoms with Gasteiger partial charge >= 0.3 is 0 Å². The zero-order chi connectivity index (χ0) is 11.7. The predicted molar refractivity (Wildman–Crippen MR) is 65.8 cm³/mol. The molecule has 0 saturated heterocycles. The molecular weight excluding hydrogens is 247 g/mol. The molecule has 84 valence electrons. The van der Waals surface area contributed by atoms with Crippen LogP contribution in [-0.2, 0) is 6.42 Å². The van der Waals surface area contributed by atoms with Crippen LogP contribution in [0.5, 0.6) is 0 Å². The fourth-order valence-electron chi connectivity index (χ4n) is 1.57. The summed E-state index contributed by atoms with van der Waals surface area (Å²) in [5, 5.41) is 3.60. The first-order valence-electron chi connectivity index (χ1n) is 4.88. The fraction of sp³-hybridized carbons (Fsp3) is 0.182. The molecule has 0 unspecified atom stereocenters.